The Morgan fingerprint density at radius 3 is 1.80 bits per heavy atom. The van der Waals surface area contributed by atoms with Gasteiger partial charge in [0, 0.05) is 41.8 Å². The Balaban J connectivity index is 0.000000188. The Labute approximate surface area is 345 Å². The zero-order chi connectivity index (χ0) is 43.3. The smallest absolute Gasteiger partial charge is 0.394 e. The molecule has 318 valence electrons. The van der Waals surface area contributed by atoms with Crippen molar-refractivity contribution in [2.75, 3.05) is 7.05 Å². The van der Waals surface area contributed by atoms with Gasteiger partial charge in [-0.25, -0.2) is 4.79 Å². The van der Waals surface area contributed by atoms with Gasteiger partial charge in [-0.15, -0.1) is 0 Å². The van der Waals surface area contributed by atoms with Gasteiger partial charge in [0.05, 0.1) is 11.7 Å². The van der Waals surface area contributed by atoms with E-state index in [9.17, 15) is 40.5 Å². The quantitative estimate of drug-likeness (QED) is 0.0495. The first-order valence-electron chi connectivity index (χ1n) is 18.8. The summed E-state index contributed by atoms with van der Waals surface area (Å²) in [5.74, 6) is -4.43. The molecule has 0 saturated carbocycles. The minimum atomic E-state index is -4.67. The lowest BCUT2D eigenvalue weighted by Gasteiger charge is -2.38. The number of phenols is 7. The SMILES string of the molecule is CN1C2CCC1CC(OC(c1ccccc1)c1ccccc1)C2.O=C(OC1Cc2c(O)cc(O)cc2OC1c1ccc(O)c(O)c1)c1cc(O)c(O)c(O)c1.O=S(=O)(O)O. The lowest BCUT2D eigenvalue weighted by Crippen LogP contribution is -2.43. The Bertz CT molecular complexity index is 2310. The van der Waals surface area contributed by atoms with Crippen molar-refractivity contribution in [1.82, 2.24) is 4.90 Å². The van der Waals surface area contributed by atoms with Gasteiger partial charge in [0.25, 0.3) is 0 Å². The van der Waals surface area contributed by atoms with E-state index in [1.165, 1.54) is 61.1 Å². The molecular formula is C43H45NO15S. The summed E-state index contributed by atoms with van der Waals surface area (Å²) in [5, 5.41) is 68.2. The number of hydrogen-bond acceptors (Lipinski definition) is 14. The molecule has 16 nitrogen and oxygen atoms in total. The molecule has 5 aromatic carbocycles. The number of phenolic OH excluding ortho intramolecular Hbond substituents is 7. The molecule has 5 aromatic rings. The monoisotopic (exact) mass is 847 g/mol. The molecule has 0 spiro atoms. The zero-order valence-corrected chi connectivity index (χ0v) is 33.0. The van der Waals surface area contributed by atoms with Crippen LogP contribution in [0.1, 0.15) is 70.5 Å². The summed E-state index contributed by atoms with van der Waals surface area (Å²) < 4.78 is 49.6. The van der Waals surface area contributed by atoms with Crippen LogP contribution in [0.3, 0.4) is 0 Å². The van der Waals surface area contributed by atoms with E-state index in [1.807, 2.05) is 0 Å². The van der Waals surface area contributed by atoms with Gasteiger partial charge in [-0.2, -0.15) is 8.42 Å². The molecule has 2 bridgehead atoms. The van der Waals surface area contributed by atoms with Crippen LogP contribution in [-0.2, 0) is 26.3 Å². The molecule has 0 amide bonds. The molecular weight excluding hydrogens is 803 g/mol. The van der Waals surface area contributed by atoms with Crippen LogP contribution in [0.4, 0.5) is 0 Å². The lowest BCUT2D eigenvalue weighted by molar-refractivity contribution is -0.0426. The number of carbonyl (C=O) groups is 1. The minimum Gasteiger partial charge on any atom is -0.508 e. The molecule has 0 aromatic heterocycles. The number of esters is 1. The highest BCUT2D eigenvalue weighted by Crippen LogP contribution is 2.45. The largest absolute Gasteiger partial charge is 0.508 e. The normalized spacial score (nSPS) is 20.7. The van der Waals surface area contributed by atoms with E-state index in [1.54, 1.807) is 0 Å². The summed E-state index contributed by atoms with van der Waals surface area (Å²) >= 11 is 0. The van der Waals surface area contributed by atoms with Crippen molar-refractivity contribution in [1.29, 1.82) is 0 Å². The van der Waals surface area contributed by atoms with Gasteiger partial charge in [0.2, 0.25) is 0 Å². The Morgan fingerprint density at radius 2 is 1.27 bits per heavy atom. The van der Waals surface area contributed by atoms with Gasteiger partial charge in [-0.3, -0.25) is 9.11 Å². The van der Waals surface area contributed by atoms with Crippen molar-refractivity contribution in [3.63, 3.8) is 0 Å². The number of benzene rings is 5. The maximum absolute atomic E-state index is 12.7. The minimum absolute atomic E-state index is 0.0461. The topological polar surface area (TPSA) is 264 Å². The van der Waals surface area contributed by atoms with Gasteiger partial charge in [0.15, 0.2) is 34.9 Å². The van der Waals surface area contributed by atoms with E-state index in [4.69, 9.17) is 31.7 Å². The van der Waals surface area contributed by atoms with Gasteiger partial charge < -0.3 is 54.9 Å². The molecule has 3 aliphatic heterocycles. The highest BCUT2D eigenvalue weighted by atomic mass is 32.3. The molecule has 17 heteroatoms. The zero-order valence-electron chi connectivity index (χ0n) is 32.1. The van der Waals surface area contributed by atoms with Crippen molar-refractivity contribution in [2.45, 2.75) is 68.6 Å². The predicted molar refractivity (Wildman–Crippen MR) is 215 cm³/mol. The molecule has 9 N–H and O–H groups in total. The molecule has 0 aliphatic carbocycles. The van der Waals surface area contributed by atoms with Crippen LogP contribution >= 0.6 is 0 Å². The van der Waals surface area contributed by atoms with E-state index in [-0.39, 0.29) is 46.6 Å². The third-order valence-electron chi connectivity index (χ3n) is 10.6. The van der Waals surface area contributed by atoms with Crippen LogP contribution in [0.25, 0.3) is 0 Å². The van der Waals surface area contributed by atoms with E-state index in [2.05, 4.69) is 72.6 Å². The fourth-order valence-corrected chi connectivity index (χ4v) is 7.75. The molecule has 8 rings (SSSR count). The van der Waals surface area contributed by atoms with E-state index in [0.717, 1.165) is 18.2 Å². The van der Waals surface area contributed by atoms with Crippen LogP contribution in [0.5, 0.6) is 46.0 Å². The fourth-order valence-electron chi connectivity index (χ4n) is 7.75. The van der Waals surface area contributed by atoms with Crippen LogP contribution in [0, 0.1) is 0 Å². The average Bonchev–Trinajstić information content (AvgIpc) is 3.39. The molecule has 3 heterocycles. The van der Waals surface area contributed by atoms with Gasteiger partial charge >= 0.3 is 16.4 Å². The summed E-state index contributed by atoms with van der Waals surface area (Å²) in [5.41, 5.74) is 2.83. The van der Waals surface area contributed by atoms with Gasteiger partial charge in [0.1, 0.15) is 29.5 Å². The second kappa shape index (κ2) is 18.4. The number of aromatic hydroxyl groups is 7. The lowest BCUT2D eigenvalue weighted by atomic mass is 9.93. The molecule has 4 unspecified atom stereocenters. The van der Waals surface area contributed by atoms with Crippen molar-refractivity contribution < 1.29 is 72.3 Å². The van der Waals surface area contributed by atoms with Gasteiger partial charge in [-0.1, -0.05) is 66.7 Å². The molecule has 2 saturated heterocycles. The number of nitrogens with zero attached hydrogens (tertiary/aromatic N) is 1. The third kappa shape index (κ3) is 10.7. The first-order valence-corrected chi connectivity index (χ1v) is 20.2. The molecule has 0 radical (unpaired) electrons. The highest BCUT2D eigenvalue weighted by Gasteiger charge is 2.40. The van der Waals surface area contributed by atoms with E-state index >= 15 is 0 Å². The average molecular weight is 848 g/mol. The number of ether oxygens (including phenoxy) is 3. The molecule has 2 fully saturated rings. The van der Waals surface area contributed by atoms with E-state index in [0.29, 0.717) is 23.8 Å². The van der Waals surface area contributed by atoms with Crippen LogP contribution in [0.15, 0.2) is 103 Å². The Kier molecular flexibility index (Phi) is 13.3. The van der Waals surface area contributed by atoms with Crippen molar-refractivity contribution in [3.8, 4) is 46.0 Å². The summed E-state index contributed by atoms with van der Waals surface area (Å²) in [4.78, 5) is 15.3. The fraction of sp³-hybridized carbons (Fsp3) is 0.279. The molecule has 3 aliphatic rings. The maximum Gasteiger partial charge on any atom is 0.394 e. The first kappa shape index (κ1) is 43.3. The highest BCUT2D eigenvalue weighted by molar-refractivity contribution is 7.79. The van der Waals surface area contributed by atoms with E-state index < -0.39 is 51.6 Å². The van der Waals surface area contributed by atoms with Crippen molar-refractivity contribution in [2.24, 2.45) is 0 Å². The summed E-state index contributed by atoms with van der Waals surface area (Å²) in [6.45, 7) is 0. The van der Waals surface area contributed by atoms with Gasteiger partial charge in [-0.05, 0) is 68.1 Å². The number of fused-ring (bicyclic) bond motifs is 3. The maximum atomic E-state index is 12.7. The second-order valence-electron chi connectivity index (χ2n) is 14.7. The number of hydrogen-bond donors (Lipinski definition) is 9. The third-order valence-corrected chi connectivity index (χ3v) is 10.6. The predicted octanol–water partition coefficient (Wildman–Crippen LogP) is 6.29. The Morgan fingerprint density at radius 1 is 0.717 bits per heavy atom. The van der Waals surface area contributed by atoms with Crippen molar-refractivity contribution in [3.05, 3.63) is 131 Å². The van der Waals surface area contributed by atoms with Crippen LogP contribution in [-0.4, -0.2) is 95.5 Å². The Hall–Kier alpha value is -6.24. The number of piperidine rings is 1. The summed E-state index contributed by atoms with van der Waals surface area (Å²) in [6, 6.07) is 30.8. The number of rotatable bonds is 7. The van der Waals surface area contributed by atoms with Crippen LogP contribution < -0.4 is 4.74 Å². The standard InChI is InChI=1S/C22H18O10.C21H25NO.H2O4S/c23-11-6-14(25)12-8-19(32-22(30)10-4-16(27)20(29)17(28)5-10)21(31-18(12)7-11)9-1-2-13(24)15(26)3-9;1-22-18-12-13-19(22)15-20(14-18)23-21(16-8-4-2-5-9-16)17-10-6-3-7-11-17;1-5(2,3)4/h1-7,19,21,23-29H,8H2;2-11,18-21H,12-15H2,1H3;(H2,1,2,3,4). The number of carbonyl (C=O) groups excluding carboxylic acids is 1. The van der Waals surface area contributed by atoms with Crippen molar-refractivity contribution >= 4 is 16.4 Å². The van der Waals surface area contributed by atoms with Crippen LogP contribution in [0.2, 0.25) is 0 Å². The first-order chi connectivity index (χ1) is 28.4. The second-order valence-corrected chi connectivity index (χ2v) is 15.6. The molecule has 60 heavy (non-hydrogen) atoms. The summed E-state index contributed by atoms with van der Waals surface area (Å²) in [6.07, 6.45) is 3.30. The molecule has 4 atom stereocenters. The summed E-state index contributed by atoms with van der Waals surface area (Å²) in [7, 11) is -2.38.